The Bertz CT molecular complexity index is 351. The molecular formula is C12H21N3OS. The van der Waals surface area contributed by atoms with E-state index in [1.165, 1.54) is 11.8 Å². The zero-order chi connectivity index (χ0) is 12.7. The molecule has 4 nitrogen and oxygen atoms in total. The Hall–Kier alpha value is -0.970. The highest BCUT2D eigenvalue weighted by atomic mass is 32.2. The summed E-state index contributed by atoms with van der Waals surface area (Å²) in [6, 6.07) is 0. The van der Waals surface area contributed by atoms with Crippen LogP contribution in [0, 0.1) is 0 Å². The van der Waals surface area contributed by atoms with E-state index in [0.29, 0.717) is 5.75 Å². The van der Waals surface area contributed by atoms with Gasteiger partial charge in [-0.3, -0.25) is 4.79 Å². The first kappa shape index (κ1) is 14.1. The Kier molecular flexibility index (Phi) is 6.11. The van der Waals surface area contributed by atoms with Gasteiger partial charge in [-0.1, -0.05) is 25.1 Å². The fourth-order valence-corrected chi connectivity index (χ4v) is 2.35. The highest BCUT2D eigenvalue weighted by Crippen LogP contribution is 2.15. The Morgan fingerprint density at radius 1 is 1.53 bits per heavy atom. The Morgan fingerprint density at radius 2 is 2.29 bits per heavy atom. The minimum Gasteiger partial charge on any atom is -0.342 e. The van der Waals surface area contributed by atoms with E-state index in [-0.39, 0.29) is 5.91 Å². The number of hydrogen-bond acceptors (Lipinski definition) is 3. The van der Waals surface area contributed by atoms with Crippen LogP contribution in [0.15, 0.2) is 17.6 Å². The molecule has 0 radical (unpaired) electrons. The molecule has 1 amide bonds. The predicted octanol–water partition coefficient (Wildman–Crippen LogP) is 2.16. The third-order valence-corrected chi connectivity index (χ3v) is 3.66. The summed E-state index contributed by atoms with van der Waals surface area (Å²) in [5.41, 5.74) is 0. The first-order valence-corrected chi connectivity index (χ1v) is 7.05. The van der Waals surface area contributed by atoms with E-state index in [1.54, 1.807) is 6.20 Å². The number of unbranched alkanes of at least 4 members (excludes halogenated alkanes) is 1. The maximum atomic E-state index is 12.0. The number of rotatable bonds is 7. The highest BCUT2D eigenvalue weighted by Gasteiger charge is 2.12. The summed E-state index contributed by atoms with van der Waals surface area (Å²) in [7, 11) is 1.94. The molecule has 0 unspecified atom stereocenters. The van der Waals surface area contributed by atoms with E-state index in [9.17, 15) is 4.79 Å². The minimum atomic E-state index is 0.203. The van der Waals surface area contributed by atoms with Gasteiger partial charge in [0.25, 0.3) is 0 Å². The van der Waals surface area contributed by atoms with Crippen molar-refractivity contribution in [3.63, 3.8) is 0 Å². The van der Waals surface area contributed by atoms with Gasteiger partial charge >= 0.3 is 0 Å². The predicted molar refractivity (Wildman–Crippen MR) is 71.1 cm³/mol. The molecule has 1 aromatic rings. The van der Waals surface area contributed by atoms with Gasteiger partial charge in [0.05, 0.1) is 5.75 Å². The van der Waals surface area contributed by atoms with Crippen molar-refractivity contribution < 1.29 is 4.79 Å². The molecule has 5 heteroatoms. The van der Waals surface area contributed by atoms with Gasteiger partial charge in [0.15, 0.2) is 5.16 Å². The van der Waals surface area contributed by atoms with Gasteiger partial charge in [0, 0.05) is 32.5 Å². The van der Waals surface area contributed by atoms with Gasteiger partial charge in [-0.15, -0.1) is 0 Å². The summed E-state index contributed by atoms with van der Waals surface area (Å²) in [5.74, 6) is 0.677. The molecule has 0 bridgehead atoms. The van der Waals surface area contributed by atoms with Gasteiger partial charge in [0.1, 0.15) is 0 Å². The lowest BCUT2D eigenvalue weighted by atomic mass is 10.3. The molecule has 0 aliphatic heterocycles. The van der Waals surface area contributed by atoms with Crippen LogP contribution < -0.4 is 0 Å². The first-order valence-electron chi connectivity index (χ1n) is 6.06. The summed E-state index contributed by atoms with van der Waals surface area (Å²) in [6.07, 6.45) is 5.84. The molecule has 0 saturated carbocycles. The fraction of sp³-hybridized carbons (Fsp3) is 0.667. The van der Waals surface area contributed by atoms with Crippen LogP contribution in [0.5, 0.6) is 0 Å². The van der Waals surface area contributed by atoms with Crippen molar-refractivity contribution in [2.75, 3.05) is 18.8 Å². The van der Waals surface area contributed by atoms with Crippen LogP contribution in [-0.2, 0) is 11.8 Å². The standard InChI is InChI=1S/C12H21N3OS/c1-4-6-8-15(5-2)11(16)10-17-12-13-7-9-14(12)3/h7,9H,4-6,8,10H2,1-3H3. The molecule has 0 aliphatic carbocycles. The lowest BCUT2D eigenvalue weighted by Crippen LogP contribution is -2.33. The number of carbonyl (C=O) groups is 1. The second-order valence-electron chi connectivity index (χ2n) is 3.94. The Balaban J connectivity index is 2.39. The monoisotopic (exact) mass is 255 g/mol. The molecule has 17 heavy (non-hydrogen) atoms. The molecule has 0 spiro atoms. The van der Waals surface area contributed by atoms with Crippen molar-refractivity contribution in [3.8, 4) is 0 Å². The lowest BCUT2D eigenvalue weighted by Gasteiger charge is -2.20. The van der Waals surface area contributed by atoms with Crippen LogP contribution in [-0.4, -0.2) is 39.2 Å². The fourth-order valence-electron chi connectivity index (χ4n) is 1.52. The van der Waals surface area contributed by atoms with Crippen LogP contribution >= 0.6 is 11.8 Å². The summed E-state index contributed by atoms with van der Waals surface area (Å²) in [6.45, 7) is 5.83. The van der Waals surface area contributed by atoms with Gasteiger partial charge < -0.3 is 9.47 Å². The van der Waals surface area contributed by atoms with E-state index < -0.39 is 0 Å². The zero-order valence-corrected chi connectivity index (χ0v) is 11.7. The van der Waals surface area contributed by atoms with Crippen molar-refractivity contribution in [2.45, 2.75) is 31.8 Å². The van der Waals surface area contributed by atoms with E-state index in [1.807, 2.05) is 29.6 Å². The molecule has 1 heterocycles. The molecule has 0 saturated heterocycles. The van der Waals surface area contributed by atoms with Gasteiger partial charge in [-0.25, -0.2) is 4.98 Å². The molecular weight excluding hydrogens is 234 g/mol. The van der Waals surface area contributed by atoms with E-state index >= 15 is 0 Å². The first-order chi connectivity index (χ1) is 8.19. The molecule has 1 aromatic heterocycles. The maximum absolute atomic E-state index is 12.0. The molecule has 0 atom stereocenters. The molecule has 0 aromatic carbocycles. The molecule has 1 rings (SSSR count). The van der Waals surface area contributed by atoms with Gasteiger partial charge in [-0.05, 0) is 13.3 Å². The summed E-state index contributed by atoms with van der Waals surface area (Å²) in [4.78, 5) is 18.1. The van der Waals surface area contributed by atoms with Crippen molar-refractivity contribution >= 4 is 17.7 Å². The normalized spacial score (nSPS) is 10.5. The molecule has 96 valence electrons. The van der Waals surface area contributed by atoms with Gasteiger partial charge in [0.2, 0.25) is 5.91 Å². The maximum Gasteiger partial charge on any atom is 0.233 e. The lowest BCUT2D eigenvalue weighted by molar-refractivity contribution is -0.128. The highest BCUT2D eigenvalue weighted by molar-refractivity contribution is 7.99. The third-order valence-electron chi connectivity index (χ3n) is 2.62. The topological polar surface area (TPSA) is 38.1 Å². The Morgan fingerprint density at radius 3 is 2.82 bits per heavy atom. The van der Waals surface area contributed by atoms with Crippen molar-refractivity contribution in [2.24, 2.45) is 7.05 Å². The third kappa shape index (κ3) is 4.42. The smallest absolute Gasteiger partial charge is 0.233 e. The zero-order valence-electron chi connectivity index (χ0n) is 10.8. The SMILES string of the molecule is CCCCN(CC)C(=O)CSc1nccn1C. The van der Waals surface area contributed by atoms with Crippen molar-refractivity contribution in [1.82, 2.24) is 14.5 Å². The number of hydrogen-bond donors (Lipinski definition) is 0. The summed E-state index contributed by atoms with van der Waals surface area (Å²) < 4.78 is 1.93. The van der Waals surface area contributed by atoms with E-state index in [4.69, 9.17) is 0 Å². The van der Waals surface area contributed by atoms with Crippen LogP contribution in [0.25, 0.3) is 0 Å². The van der Waals surface area contributed by atoms with Crippen LogP contribution in [0.3, 0.4) is 0 Å². The van der Waals surface area contributed by atoms with Crippen molar-refractivity contribution in [1.29, 1.82) is 0 Å². The number of nitrogens with zero attached hydrogens (tertiary/aromatic N) is 3. The Labute approximate surface area is 107 Å². The van der Waals surface area contributed by atoms with Gasteiger partial charge in [-0.2, -0.15) is 0 Å². The van der Waals surface area contributed by atoms with Crippen LogP contribution in [0.1, 0.15) is 26.7 Å². The number of amides is 1. The largest absolute Gasteiger partial charge is 0.342 e. The number of aromatic nitrogens is 2. The molecule has 0 fully saturated rings. The van der Waals surface area contributed by atoms with E-state index in [2.05, 4.69) is 11.9 Å². The van der Waals surface area contributed by atoms with Crippen LogP contribution in [0.2, 0.25) is 0 Å². The van der Waals surface area contributed by atoms with Crippen LogP contribution in [0.4, 0.5) is 0 Å². The van der Waals surface area contributed by atoms with Crippen molar-refractivity contribution in [3.05, 3.63) is 12.4 Å². The quantitative estimate of drug-likeness (QED) is 0.701. The number of thioether (sulfide) groups is 1. The van der Waals surface area contributed by atoms with E-state index in [0.717, 1.165) is 31.1 Å². The summed E-state index contributed by atoms with van der Waals surface area (Å²) in [5, 5.41) is 0.893. The molecule has 0 aliphatic rings. The second kappa shape index (κ2) is 7.37. The average molecular weight is 255 g/mol. The minimum absolute atomic E-state index is 0.203. The average Bonchev–Trinajstić information content (AvgIpc) is 2.73. The molecule has 0 N–H and O–H groups in total. The summed E-state index contributed by atoms with van der Waals surface area (Å²) >= 11 is 1.50. The second-order valence-corrected chi connectivity index (χ2v) is 4.88. The number of carbonyl (C=O) groups excluding carboxylic acids is 1. The number of imidazole rings is 1. The number of aryl methyl sites for hydroxylation is 1.